The van der Waals surface area contributed by atoms with Gasteiger partial charge in [-0.2, -0.15) is 0 Å². The quantitative estimate of drug-likeness (QED) is 0.746. The summed E-state index contributed by atoms with van der Waals surface area (Å²) in [6.07, 6.45) is 9.02. The lowest BCUT2D eigenvalue weighted by Gasteiger charge is -2.35. The lowest BCUT2D eigenvalue weighted by atomic mass is 10.0. The van der Waals surface area contributed by atoms with Crippen molar-refractivity contribution in [3.8, 4) is 0 Å². The van der Waals surface area contributed by atoms with E-state index in [2.05, 4.69) is 10.2 Å². The molecule has 2 saturated heterocycles. The summed E-state index contributed by atoms with van der Waals surface area (Å²) in [7, 11) is 0. The highest BCUT2D eigenvalue weighted by Gasteiger charge is 2.27. The van der Waals surface area contributed by atoms with Crippen molar-refractivity contribution in [3.05, 3.63) is 0 Å². The van der Waals surface area contributed by atoms with Crippen molar-refractivity contribution in [1.29, 1.82) is 0 Å². The van der Waals surface area contributed by atoms with Gasteiger partial charge in [0.15, 0.2) is 0 Å². The largest absolute Gasteiger partial charge is 0.395 e. The van der Waals surface area contributed by atoms with Crippen molar-refractivity contribution in [2.24, 2.45) is 0 Å². The number of nitrogens with zero attached hydrogens (tertiary/aromatic N) is 1. The molecule has 0 spiro atoms. The van der Waals surface area contributed by atoms with E-state index < -0.39 is 0 Å². The summed E-state index contributed by atoms with van der Waals surface area (Å²) in [4.78, 5) is 2.61. The van der Waals surface area contributed by atoms with Crippen LogP contribution in [0.25, 0.3) is 0 Å². The van der Waals surface area contributed by atoms with Crippen LogP contribution in [0.1, 0.15) is 44.9 Å². The summed E-state index contributed by atoms with van der Waals surface area (Å²) < 4.78 is 0. The van der Waals surface area contributed by atoms with Crippen molar-refractivity contribution >= 4 is 0 Å². The highest BCUT2D eigenvalue weighted by atomic mass is 16.3. The van der Waals surface area contributed by atoms with E-state index in [0.29, 0.717) is 18.7 Å². The Morgan fingerprint density at radius 1 is 1.00 bits per heavy atom. The summed E-state index contributed by atoms with van der Waals surface area (Å²) in [5, 5.41) is 13.0. The molecule has 0 amide bonds. The van der Waals surface area contributed by atoms with Crippen molar-refractivity contribution in [3.63, 3.8) is 0 Å². The summed E-state index contributed by atoms with van der Waals surface area (Å²) in [6, 6.07) is 1.15. The van der Waals surface area contributed by atoms with Crippen LogP contribution >= 0.6 is 0 Å². The van der Waals surface area contributed by atoms with Gasteiger partial charge in [-0.25, -0.2) is 0 Å². The van der Waals surface area contributed by atoms with E-state index >= 15 is 0 Å². The van der Waals surface area contributed by atoms with Crippen molar-refractivity contribution in [2.75, 3.05) is 26.2 Å². The Hall–Kier alpha value is -0.120. The van der Waals surface area contributed by atoms with Gasteiger partial charge in [0.1, 0.15) is 0 Å². The number of hydrogen-bond donors (Lipinski definition) is 2. The van der Waals surface area contributed by atoms with Crippen molar-refractivity contribution < 1.29 is 5.11 Å². The molecule has 0 radical (unpaired) electrons. The smallest absolute Gasteiger partial charge is 0.0586 e. The average molecular weight is 226 g/mol. The maximum Gasteiger partial charge on any atom is 0.0586 e. The molecule has 0 aliphatic carbocycles. The Bertz CT molecular complexity index is 190. The summed E-state index contributed by atoms with van der Waals surface area (Å²) in [5.74, 6) is 0. The summed E-state index contributed by atoms with van der Waals surface area (Å²) >= 11 is 0. The van der Waals surface area contributed by atoms with E-state index in [1.165, 1.54) is 58.0 Å². The molecule has 2 atom stereocenters. The second-order valence-corrected chi connectivity index (χ2v) is 5.26. The molecule has 2 N–H and O–H groups in total. The number of likely N-dealkylation sites (tertiary alicyclic amines) is 1. The van der Waals surface area contributed by atoms with Gasteiger partial charge >= 0.3 is 0 Å². The molecule has 0 saturated carbocycles. The number of hydrogen-bond acceptors (Lipinski definition) is 3. The van der Waals surface area contributed by atoms with E-state index in [1.807, 2.05) is 0 Å². The Morgan fingerprint density at radius 2 is 1.94 bits per heavy atom. The Labute approximate surface area is 99.2 Å². The van der Waals surface area contributed by atoms with Crippen LogP contribution in [-0.4, -0.2) is 48.3 Å². The average Bonchev–Trinajstić information content (AvgIpc) is 2.70. The minimum atomic E-state index is 0.351. The predicted molar refractivity (Wildman–Crippen MR) is 66.6 cm³/mol. The molecule has 3 nitrogen and oxygen atoms in total. The van der Waals surface area contributed by atoms with Crippen LogP contribution in [0.3, 0.4) is 0 Å². The third kappa shape index (κ3) is 3.19. The maximum absolute atomic E-state index is 9.53. The van der Waals surface area contributed by atoms with E-state index in [0.717, 1.165) is 6.54 Å². The Balaban J connectivity index is 1.96. The zero-order valence-electron chi connectivity index (χ0n) is 10.3. The molecule has 0 aromatic carbocycles. The van der Waals surface area contributed by atoms with E-state index in [1.54, 1.807) is 0 Å². The summed E-state index contributed by atoms with van der Waals surface area (Å²) in [5.41, 5.74) is 0. The van der Waals surface area contributed by atoms with E-state index in [9.17, 15) is 5.11 Å². The lowest BCUT2D eigenvalue weighted by molar-refractivity contribution is 0.0786. The fourth-order valence-corrected chi connectivity index (χ4v) is 3.21. The molecule has 2 aliphatic rings. The van der Waals surface area contributed by atoms with Crippen LogP contribution in [0, 0.1) is 0 Å². The Morgan fingerprint density at radius 3 is 2.81 bits per heavy atom. The predicted octanol–water partition coefficient (Wildman–Crippen LogP) is 1.37. The highest BCUT2D eigenvalue weighted by molar-refractivity contribution is 4.83. The van der Waals surface area contributed by atoms with Gasteiger partial charge in [0.25, 0.3) is 0 Å². The Kier molecular flexibility index (Phi) is 5.07. The van der Waals surface area contributed by atoms with Crippen LogP contribution in [0.5, 0.6) is 0 Å². The first-order chi connectivity index (χ1) is 7.92. The molecule has 0 bridgehead atoms. The third-order valence-corrected chi connectivity index (χ3v) is 4.15. The van der Waals surface area contributed by atoms with Crippen LogP contribution in [0.15, 0.2) is 0 Å². The first kappa shape index (κ1) is 12.3. The third-order valence-electron chi connectivity index (χ3n) is 4.15. The van der Waals surface area contributed by atoms with Gasteiger partial charge in [-0.3, -0.25) is 4.90 Å². The molecule has 2 unspecified atom stereocenters. The van der Waals surface area contributed by atoms with Crippen LogP contribution < -0.4 is 5.32 Å². The number of nitrogens with one attached hydrogen (secondary N) is 1. The van der Waals surface area contributed by atoms with Gasteiger partial charge in [-0.15, -0.1) is 0 Å². The van der Waals surface area contributed by atoms with E-state index in [-0.39, 0.29) is 0 Å². The molecule has 2 fully saturated rings. The highest BCUT2D eigenvalue weighted by Crippen LogP contribution is 2.23. The maximum atomic E-state index is 9.53. The second-order valence-electron chi connectivity index (χ2n) is 5.26. The van der Waals surface area contributed by atoms with Crippen LogP contribution in [0.2, 0.25) is 0 Å². The lowest BCUT2D eigenvalue weighted by Crippen LogP contribution is -2.45. The fourth-order valence-electron chi connectivity index (χ4n) is 3.21. The monoisotopic (exact) mass is 226 g/mol. The minimum absolute atomic E-state index is 0.351. The zero-order chi connectivity index (χ0) is 11.2. The number of aliphatic hydroxyl groups is 1. The van der Waals surface area contributed by atoms with Gasteiger partial charge in [0.2, 0.25) is 0 Å². The van der Waals surface area contributed by atoms with E-state index in [4.69, 9.17) is 0 Å². The molecular weight excluding hydrogens is 200 g/mol. The first-order valence-electron chi connectivity index (χ1n) is 6.99. The normalized spacial score (nSPS) is 34.3. The summed E-state index contributed by atoms with van der Waals surface area (Å²) in [6.45, 7) is 3.88. The van der Waals surface area contributed by atoms with Crippen LogP contribution in [-0.2, 0) is 0 Å². The van der Waals surface area contributed by atoms with Crippen molar-refractivity contribution in [2.45, 2.75) is 57.0 Å². The molecule has 16 heavy (non-hydrogen) atoms. The standard InChI is InChI=1S/C13H26N2O/c16-11-13-5-2-1-3-10-15(13)12-6-4-8-14-9-7-12/h12-14,16H,1-11H2. The number of aliphatic hydroxyl groups excluding tert-OH is 1. The molecule has 0 aromatic heterocycles. The SMILES string of the molecule is OCC1CCCCCN1C1CCCNCC1. The molecule has 2 heterocycles. The van der Waals surface area contributed by atoms with Gasteiger partial charge in [-0.1, -0.05) is 12.8 Å². The van der Waals surface area contributed by atoms with Crippen LogP contribution in [0.4, 0.5) is 0 Å². The number of rotatable bonds is 2. The topological polar surface area (TPSA) is 35.5 Å². The minimum Gasteiger partial charge on any atom is -0.395 e. The van der Waals surface area contributed by atoms with Gasteiger partial charge in [-0.05, 0) is 51.7 Å². The molecule has 2 aliphatic heterocycles. The first-order valence-corrected chi connectivity index (χ1v) is 6.99. The molecule has 3 heteroatoms. The van der Waals surface area contributed by atoms with Gasteiger partial charge < -0.3 is 10.4 Å². The molecule has 2 rings (SSSR count). The second kappa shape index (κ2) is 6.58. The fraction of sp³-hybridized carbons (Fsp3) is 1.00. The molecular formula is C13H26N2O. The zero-order valence-corrected chi connectivity index (χ0v) is 10.3. The van der Waals surface area contributed by atoms with Crippen molar-refractivity contribution in [1.82, 2.24) is 10.2 Å². The molecule has 94 valence electrons. The molecule has 0 aromatic rings. The van der Waals surface area contributed by atoms with Gasteiger partial charge in [0, 0.05) is 12.1 Å². The van der Waals surface area contributed by atoms with Gasteiger partial charge in [0.05, 0.1) is 6.61 Å².